The van der Waals surface area contributed by atoms with Gasteiger partial charge in [0, 0.05) is 5.30 Å². The topological polar surface area (TPSA) is 43.4 Å². The smallest absolute Gasteiger partial charge is 0.316 e. The first-order valence-electron chi connectivity index (χ1n) is 14.6. The monoisotopic (exact) mass is 546 g/mol. The molecular formula is C35H47O3P. The molecule has 0 saturated carbocycles. The molecule has 3 nitrogen and oxygen atoms in total. The first-order valence-corrected chi connectivity index (χ1v) is 16.4. The lowest BCUT2D eigenvalue weighted by molar-refractivity contribution is -0.144. The highest BCUT2D eigenvalue weighted by atomic mass is 31.2. The van der Waals surface area contributed by atoms with Gasteiger partial charge in [-0.2, -0.15) is 0 Å². The third-order valence-corrected chi connectivity index (χ3v) is 13.1. The summed E-state index contributed by atoms with van der Waals surface area (Å²) in [6.07, 6.45) is 4.67. The predicted molar refractivity (Wildman–Crippen MR) is 166 cm³/mol. The lowest BCUT2D eigenvalue weighted by Gasteiger charge is -2.43. The molecule has 0 aliphatic carbocycles. The van der Waals surface area contributed by atoms with Gasteiger partial charge in [-0.15, -0.1) is 0 Å². The Hall–Kier alpha value is -2.64. The van der Waals surface area contributed by atoms with E-state index in [9.17, 15) is 4.79 Å². The van der Waals surface area contributed by atoms with Crippen LogP contribution in [0.15, 0.2) is 72.8 Å². The molecule has 0 radical (unpaired) electrons. The number of unbranched alkanes of at least 4 members (excludes halogenated alkanes) is 1. The zero-order valence-electron chi connectivity index (χ0n) is 25.0. The van der Waals surface area contributed by atoms with Gasteiger partial charge in [0.15, 0.2) is 0 Å². The third kappa shape index (κ3) is 6.25. The molecule has 0 aromatic heterocycles. The lowest BCUT2D eigenvalue weighted by atomic mass is 9.92. The van der Waals surface area contributed by atoms with Gasteiger partial charge in [-0.1, -0.05) is 118 Å². The molecule has 0 N–H and O–H groups in total. The molecule has 0 fully saturated rings. The minimum absolute atomic E-state index is 0.322. The minimum atomic E-state index is -3.56. The van der Waals surface area contributed by atoms with Crippen molar-refractivity contribution in [2.45, 2.75) is 91.4 Å². The Kier molecular flexibility index (Phi) is 10.8. The van der Waals surface area contributed by atoms with Crippen LogP contribution in [0.4, 0.5) is 0 Å². The number of hydrogen-bond acceptors (Lipinski definition) is 3. The number of benzene rings is 3. The minimum Gasteiger partial charge on any atom is -0.465 e. The van der Waals surface area contributed by atoms with Crippen LogP contribution in [0, 0.1) is 26.7 Å². The molecule has 0 bridgehead atoms. The predicted octanol–water partition coefficient (Wildman–Crippen LogP) is 9.10. The molecule has 39 heavy (non-hydrogen) atoms. The number of carbonyl (C=O) groups is 1. The summed E-state index contributed by atoms with van der Waals surface area (Å²) in [4.78, 5) is 14.1. The zero-order valence-corrected chi connectivity index (χ0v) is 25.9. The molecule has 0 spiro atoms. The second-order valence-electron chi connectivity index (χ2n) is 11.2. The molecule has 3 atom stereocenters. The zero-order chi connectivity index (χ0) is 28.6. The van der Waals surface area contributed by atoms with Gasteiger partial charge in [0.1, 0.15) is 12.8 Å². The van der Waals surface area contributed by atoms with Crippen LogP contribution in [0.25, 0.3) is 0 Å². The summed E-state index contributed by atoms with van der Waals surface area (Å²) in [6.45, 7) is 14.9. The van der Waals surface area contributed by atoms with Crippen molar-refractivity contribution in [3.8, 4) is 0 Å². The van der Waals surface area contributed by atoms with E-state index < -0.39 is 18.0 Å². The van der Waals surface area contributed by atoms with Crippen LogP contribution in [-0.2, 0) is 19.3 Å². The van der Waals surface area contributed by atoms with E-state index in [1.54, 1.807) is 0 Å². The molecule has 0 saturated heterocycles. The summed E-state index contributed by atoms with van der Waals surface area (Å²) in [5.41, 5.74) is 4.17. The molecular weight excluding hydrogens is 499 g/mol. The summed E-state index contributed by atoms with van der Waals surface area (Å²) in [7, 11) is -3.56. The Bertz CT molecular complexity index is 1200. The summed E-state index contributed by atoms with van der Waals surface area (Å²) in [5, 5.41) is -0.128. The van der Waals surface area contributed by atoms with Gasteiger partial charge in [0.25, 0.3) is 0 Å². The van der Waals surface area contributed by atoms with Crippen molar-refractivity contribution in [3.63, 3.8) is 0 Å². The maximum absolute atomic E-state index is 16.3. The molecule has 210 valence electrons. The van der Waals surface area contributed by atoms with E-state index in [2.05, 4.69) is 64.1 Å². The maximum Gasteiger partial charge on any atom is 0.316 e. The third-order valence-electron chi connectivity index (χ3n) is 8.41. The summed E-state index contributed by atoms with van der Waals surface area (Å²) < 4.78 is 22.4. The van der Waals surface area contributed by atoms with Crippen molar-refractivity contribution >= 4 is 18.4 Å². The van der Waals surface area contributed by atoms with Gasteiger partial charge in [0.2, 0.25) is 0 Å². The highest BCUT2D eigenvalue weighted by molar-refractivity contribution is 7.74. The molecule has 4 heteroatoms. The Morgan fingerprint density at radius 2 is 1.36 bits per heavy atom. The van der Waals surface area contributed by atoms with Crippen LogP contribution in [0.5, 0.6) is 0 Å². The van der Waals surface area contributed by atoms with Gasteiger partial charge >= 0.3 is 5.97 Å². The lowest BCUT2D eigenvalue weighted by Crippen LogP contribution is -2.40. The highest BCUT2D eigenvalue weighted by Gasteiger charge is 2.55. The van der Waals surface area contributed by atoms with Gasteiger partial charge < -0.3 is 9.30 Å². The van der Waals surface area contributed by atoms with Gasteiger partial charge in [0.05, 0.1) is 11.8 Å². The molecule has 0 amide bonds. The van der Waals surface area contributed by atoms with Gasteiger partial charge in [-0.25, -0.2) is 0 Å². The number of hydrogen-bond donors (Lipinski definition) is 0. The standard InChI is InChI=1S/C35H47O3P/c1-8-11-18-29(9-2)25-38-34(36)32(10-3)39(37,33-27(5)23-26(4)24-28(33)6)35(7,30-19-14-12-15-20-30)31-21-16-13-17-22-31/h12-17,19-24,29,32H,8-11,18,25H2,1-7H3. The Morgan fingerprint density at radius 1 is 0.846 bits per heavy atom. The number of carbonyl (C=O) groups excluding carboxylic acids is 1. The second-order valence-corrected chi connectivity index (χ2v) is 14.5. The number of aryl methyl sites for hydroxylation is 3. The van der Waals surface area contributed by atoms with Gasteiger partial charge in [-0.05, 0) is 68.7 Å². The first-order chi connectivity index (χ1) is 18.6. The SMILES string of the molecule is CCCCC(CC)COC(=O)C(CC)P(=O)(c1c(C)cc(C)cc1C)C(C)(c1ccccc1)c1ccccc1. The van der Waals surface area contributed by atoms with E-state index in [1.165, 1.54) is 0 Å². The summed E-state index contributed by atoms with van der Waals surface area (Å²) >= 11 is 0. The van der Waals surface area contributed by atoms with E-state index >= 15 is 4.57 Å². The number of esters is 1. The van der Waals surface area contributed by atoms with E-state index in [0.29, 0.717) is 18.9 Å². The van der Waals surface area contributed by atoms with Crippen LogP contribution >= 0.6 is 7.14 Å². The molecule has 0 aliphatic rings. The Morgan fingerprint density at radius 3 is 1.79 bits per heavy atom. The average Bonchev–Trinajstić information content (AvgIpc) is 2.93. The molecule has 3 aromatic rings. The van der Waals surface area contributed by atoms with Crippen LogP contribution in [0.2, 0.25) is 0 Å². The Labute approximate surface area is 236 Å². The van der Waals surface area contributed by atoms with Crippen molar-refractivity contribution in [2.24, 2.45) is 5.92 Å². The van der Waals surface area contributed by atoms with Crippen molar-refractivity contribution in [1.82, 2.24) is 0 Å². The molecule has 0 aliphatic heterocycles. The normalized spacial score (nSPS) is 14.8. The average molecular weight is 547 g/mol. The van der Waals surface area contributed by atoms with Crippen LogP contribution < -0.4 is 5.30 Å². The van der Waals surface area contributed by atoms with E-state index in [0.717, 1.165) is 58.8 Å². The molecule has 3 aromatic carbocycles. The fourth-order valence-electron chi connectivity index (χ4n) is 6.23. The number of rotatable bonds is 13. The highest BCUT2D eigenvalue weighted by Crippen LogP contribution is 2.69. The van der Waals surface area contributed by atoms with Crippen LogP contribution in [0.1, 0.15) is 87.6 Å². The van der Waals surface area contributed by atoms with Crippen molar-refractivity contribution in [2.75, 3.05) is 6.61 Å². The van der Waals surface area contributed by atoms with Gasteiger partial charge in [-0.3, -0.25) is 4.79 Å². The summed E-state index contributed by atoms with van der Waals surface area (Å²) in [6, 6.07) is 24.3. The van der Waals surface area contributed by atoms with E-state index in [1.807, 2.05) is 57.2 Å². The Balaban J connectivity index is 2.29. The maximum atomic E-state index is 16.3. The van der Waals surface area contributed by atoms with E-state index in [4.69, 9.17) is 4.74 Å². The van der Waals surface area contributed by atoms with Crippen molar-refractivity contribution in [3.05, 3.63) is 101 Å². The molecule has 3 rings (SSSR count). The fraction of sp³-hybridized carbons (Fsp3) is 0.457. The van der Waals surface area contributed by atoms with E-state index in [-0.39, 0.29) is 5.97 Å². The molecule has 0 heterocycles. The fourth-order valence-corrected chi connectivity index (χ4v) is 10.7. The quantitative estimate of drug-likeness (QED) is 0.159. The second kappa shape index (κ2) is 13.6. The van der Waals surface area contributed by atoms with Crippen molar-refractivity contribution < 1.29 is 14.1 Å². The first kappa shape index (κ1) is 30.9. The number of ether oxygens (including phenoxy) is 1. The van der Waals surface area contributed by atoms with Crippen LogP contribution in [-0.4, -0.2) is 18.2 Å². The largest absolute Gasteiger partial charge is 0.465 e. The van der Waals surface area contributed by atoms with Crippen LogP contribution in [0.3, 0.4) is 0 Å². The summed E-state index contributed by atoms with van der Waals surface area (Å²) in [5.74, 6) is -0.0171. The molecule has 3 unspecified atom stereocenters. The van der Waals surface area contributed by atoms with Crippen molar-refractivity contribution in [1.29, 1.82) is 0 Å².